The second kappa shape index (κ2) is 10.3. The number of anilines is 4. The van der Waals surface area contributed by atoms with Gasteiger partial charge in [0.2, 0.25) is 21.9 Å². The number of amides is 1. The molecule has 2 N–H and O–H groups in total. The van der Waals surface area contributed by atoms with Crippen LogP contribution in [0.25, 0.3) is 0 Å². The Balaban J connectivity index is 1.58. The fourth-order valence-electron chi connectivity index (χ4n) is 4.76. The van der Waals surface area contributed by atoms with E-state index in [9.17, 15) is 13.2 Å². The van der Waals surface area contributed by atoms with Gasteiger partial charge in [0.05, 0.1) is 11.1 Å². The van der Waals surface area contributed by atoms with E-state index in [4.69, 9.17) is 4.98 Å². The smallest absolute Gasteiger partial charge is 0.249 e. The number of sulfonamides is 1. The molecule has 0 bridgehead atoms. The van der Waals surface area contributed by atoms with Crippen LogP contribution in [0.3, 0.4) is 0 Å². The van der Waals surface area contributed by atoms with E-state index in [2.05, 4.69) is 19.9 Å². The van der Waals surface area contributed by atoms with Crippen LogP contribution in [0.5, 0.6) is 0 Å². The summed E-state index contributed by atoms with van der Waals surface area (Å²) in [5.74, 6) is 1.27. The van der Waals surface area contributed by atoms with Crippen molar-refractivity contribution in [1.82, 2.24) is 14.7 Å². The van der Waals surface area contributed by atoms with Gasteiger partial charge in [0.15, 0.2) is 5.82 Å². The number of rotatable bonds is 9. The van der Waals surface area contributed by atoms with Crippen molar-refractivity contribution >= 4 is 39.1 Å². The number of hydrogen-bond acceptors (Lipinski definition) is 7. The van der Waals surface area contributed by atoms with E-state index in [0.29, 0.717) is 36.3 Å². The van der Waals surface area contributed by atoms with E-state index in [1.54, 1.807) is 42.4 Å². The van der Waals surface area contributed by atoms with Crippen LogP contribution in [0.15, 0.2) is 35.4 Å². The number of nitrogens with zero attached hydrogens (tertiary/aromatic N) is 4. The lowest BCUT2D eigenvalue weighted by Crippen LogP contribution is -2.55. The van der Waals surface area contributed by atoms with Crippen LogP contribution in [0.4, 0.5) is 23.1 Å². The monoisotopic (exact) mass is 486 g/mol. The van der Waals surface area contributed by atoms with Gasteiger partial charge >= 0.3 is 0 Å². The molecule has 184 valence electrons. The van der Waals surface area contributed by atoms with Crippen LogP contribution in [0.1, 0.15) is 58.8 Å². The zero-order valence-electron chi connectivity index (χ0n) is 20.1. The van der Waals surface area contributed by atoms with Gasteiger partial charge in [0, 0.05) is 25.3 Å². The van der Waals surface area contributed by atoms with Crippen LogP contribution in [-0.4, -0.2) is 50.0 Å². The molecule has 2 heterocycles. The molecule has 1 aliphatic heterocycles. The first-order valence-corrected chi connectivity index (χ1v) is 13.6. The van der Waals surface area contributed by atoms with Crippen molar-refractivity contribution in [1.29, 1.82) is 0 Å². The van der Waals surface area contributed by atoms with Gasteiger partial charge in [-0.25, -0.2) is 18.1 Å². The highest BCUT2D eigenvalue weighted by Gasteiger charge is 2.41. The van der Waals surface area contributed by atoms with Gasteiger partial charge in [-0.05, 0) is 49.9 Å². The molecule has 2 aliphatic rings. The van der Waals surface area contributed by atoms with Gasteiger partial charge < -0.3 is 15.1 Å². The van der Waals surface area contributed by atoms with E-state index < -0.39 is 10.0 Å². The Kier molecular flexibility index (Phi) is 7.37. The lowest BCUT2D eigenvalue weighted by atomic mass is 10.0. The fourth-order valence-corrected chi connectivity index (χ4v) is 5.83. The summed E-state index contributed by atoms with van der Waals surface area (Å²) < 4.78 is 27.5. The van der Waals surface area contributed by atoms with Crippen molar-refractivity contribution in [3.05, 3.63) is 30.5 Å². The van der Waals surface area contributed by atoms with Crippen LogP contribution in [0.2, 0.25) is 0 Å². The van der Waals surface area contributed by atoms with Crippen molar-refractivity contribution in [2.75, 3.05) is 28.7 Å². The minimum Gasteiger partial charge on any atom is -0.340 e. The third-order valence-electron chi connectivity index (χ3n) is 6.66. The Bertz CT molecular complexity index is 1120. The van der Waals surface area contributed by atoms with E-state index in [0.717, 1.165) is 44.3 Å². The van der Waals surface area contributed by atoms with Crippen LogP contribution < -0.4 is 19.8 Å². The fraction of sp³-hybridized carbons (Fsp3) is 0.542. The lowest BCUT2D eigenvalue weighted by molar-refractivity contribution is -0.120. The minimum atomic E-state index is -3.52. The maximum absolute atomic E-state index is 13.0. The molecule has 0 spiro atoms. The van der Waals surface area contributed by atoms with Crippen molar-refractivity contribution in [3.8, 4) is 0 Å². The van der Waals surface area contributed by atoms with E-state index >= 15 is 0 Å². The molecule has 1 aliphatic carbocycles. The van der Waals surface area contributed by atoms with Crippen molar-refractivity contribution in [2.45, 2.75) is 75.8 Å². The molecular weight excluding hydrogens is 452 g/mol. The topological polar surface area (TPSA) is 108 Å². The summed E-state index contributed by atoms with van der Waals surface area (Å²) in [7, 11) is -1.75. The molecule has 2 aromatic rings. The number of nitrogens with one attached hydrogen (secondary N) is 2. The SMILES string of the molecule is CCCCNS(=O)(=O)c1ccc(Nc2ncc3c(n2)N(C2CCCC2)[C@H](CC)C(=O)N3C)cc1. The number of hydrogen-bond donors (Lipinski definition) is 2. The van der Waals surface area contributed by atoms with Crippen LogP contribution >= 0.6 is 0 Å². The predicted octanol–water partition coefficient (Wildman–Crippen LogP) is 3.80. The molecule has 4 rings (SSSR count). The Labute approximate surface area is 202 Å². The maximum Gasteiger partial charge on any atom is 0.249 e. The summed E-state index contributed by atoms with van der Waals surface area (Å²) in [6, 6.07) is 6.62. The molecular formula is C24H34N6O3S. The Morgan fingerprint density at radius 2 is 1.82 bits per heavy atom. The molecule has 0 unspecified atom stereocenters. The zero-order valence-corrected chi connectivity index (χ0v) is 20.9. The number of unbranched alkanes of at least 4 members (excludes halogenated alkanes) is 1. The summed E-state index contributed by atoms with van der Waals surface area (Å²) in [5.41, 5.74) is 1.40. The third-order valence-corrected chi connectivity index (χ3v) is 8.13. The number of fused-ring (bicyclic) bond motifs is 1. The van der Waals surface area contributed by atoms with Gasteiger partial charge in [-0.15, -0.1) is 0 Å². The summed E-state index contributed by atoms with van der Waals surface area (Å²) in [6.07, 6.45) is 8.57. The molecule has 34 heavy (non-hydrogen) atoms. The van der Waals surface area contributed by atoms with E-state index in [1.807, 2.05) is 13.8 Å². The highest BCUT2D eigenvalue weighted by molar-refractivity contribution is 7.89. The van der Waals surface area contributed by atoms with Gasteiger partial charge in [-0.2, -0.15) is 4.98 Å². The summed E-state index contributed by atoms with van der Waals surface area (Å²) in [6.45, 7) is 4.48. The highest BCUT2D eigenvalue weighted by atomic mass is 32.2. The number of carbonyl (C=O) groups is 1. The number of benzene rings is 1. The summed E-state index contributed by atoms with van der Waals surface area (Å²) in [4.78, 5) is 26.3. The zero-order chi connectivity index (χ0) is 24.3. The molecule has 1 fully saturated rings. The first-order valence-electron chi connectivity index (χ1n) is 12.2. The average Bonchev–Trinajstić information content (AvgIpc) is 3.36. The van der Waals surface area contributed by atoms with E-state index in [-0.39, 0.29) is 16.8 Å². The van der Waals surface area contributed by atoms with Crippen molar-refractivity contribution in [3.63, 3.8) is 0 Å². The molecule has 0 radical (unpaired) electrons. The van der Waals surface area contributed by atoms with Gasteiger partial charge in [0.1, 0.15) is 11.7 Å². The molecule has 9 nitrogen and oxygen atoms in total. The molecule has 1 amide bonds. The molecule has 1 atom stereocenters. The van der Waals surface area contributed by atoms with Crippen LogP contribution in [-0.2, 0) is 14.8 Å². The van der Waals surface area contributed by atoms with Crippen molar-refractivity contribution in [2.24, 2.45) is 0 Å². The number of likely N-dealkylation sites (N-methyl/N-ethyl adjacent to an activating group) is 1. The molecule has 1 aromatic carbocycles. The Morgan fingerprint density at radius 3 is 2.47 bits per heavy atom. The maximum atomic E-state index is 13.0. The first kappa shape index (κ1) is 24.4. The predicted molar refractivity (Wildman–Crippen MR) is 134 cm³/mol. The highest BCUT2D eigenvalue weighted by Crippen LogP contribution is 2.40. The number of aromatic nitrogens is 2. The molecule has 10 heteroatoms. The summed E-state index contributed by atoms with van der Waals surface area (Å²) >= 11 is 0. The average molecular weight is 487 g/mol. The first-order chi connectivity index (χ1) is 16.4. The minimum absolute atomic E-state index is 0.0792. The van der Waals surface area contributed by atoms with Gasteiger partial charge in [-0.3, -0.25) is 4.79 Å². The molecule has 1 saturated carbocycles. The Morgan fingerprint density at radius 1 is 1.12 bits per heavy atom. The second-order valence-corrected chi connectivity index (χ2v) is 10.7. The Hall–Kier alpha value is -2.72. The molecule has 1 aromatic heterocycles. The largest absolute Gasteiger partial charge is 0.340 e. The quantitative estimate of drug-likeness (QED) is 0.519. The molecule has 0 saturated heterocycles. The van der Waals surface area contributed by atoms with Gasteiger partial charge in [-0.1, -0.05) is 33.1 Å². The summed E-state index contributed by atoms with van der Waals surface area (Å²) in [5, 5.41) is 3.19. The van der Waals surface area contributed by atoms with Crippen molar-refractivity contribution < 1.29 is 13.2 Å². The van der Waals surface area contributed by atoms with Crippen LogP contribution in [0, 0.1) is 0 Å². The lowest BCUT2D eigenvalue weighted by Gasteiger charge is -2.43. The normalized spacial score (nSPS) is 18.9. The standard InChI is InChI=1S/C24H34N6O3S/c1-4-6-15-26-34(32,33)19-13-11-17(12-14-19)27-24-25-16-21-22(28-24)30(18-9-7-8-10-18)20(5-2)23(31)29(21)3/h11-14,16,18,20,26H,4-10,15H2,1-3H3,(H,25,27,28)/t20-/m1/s1. The third kappa shape index (κ3) is 4.88. The number of carbonyl (C=O) groups excluding carboxylic acids is 1. The second-order valence-electron chi connectivity index (χ2n) is 8.97. The van der Waals surface area contributed by atoms with E-state index in [1.165, 1.54) is 0 Å². The van der Waals surface area contributed by atoms with Gasteiger partial charge in [0.25, 0.3) is 0 Å².